The summed E-state index contributed by atoms with van der Waals surface area (Å²) < 4.78 is 16.6. The van der Waals surface area contributed by atoms with Gasteiger partial charge in [0.15, 0.2) is 6.10 Å². The van der Waals surface area contributed by atoms with Crippen LogP contribution in [0, 0.1) is 0 Å². The molecule has 1 fully saturated rings. The number of carbonyl (C=O) groups excluding carboxylic acids is 2. The molecule has 0 aromatic heterocycles. The van der Waals surface area contributed by atoms with Gasteiger partial charge in [0.25, 0.3) is 0 Å². The molecule has 1 aliphatic heterocycles. The van der Waals surface area contributed by atoms with Gasteiger partial charge in [-0.3, -0.25) is 0 Å². The van der Waals surface area contributed by atoms with E-state index in [0.29, 0.717) is 16.9 Å². The van der Waals surface area contributed by atoms with Crippen LogP contribution in [0.5, 0.6) is 0 Å². The highest BCUT2D eigenvalue weighted by Gasteiger charge is 2.47. The van der Waals surface area contributed by atoms with Crippen LogP contribution in [0.2, 0.25) is 0 Å². The molecule has 0 saturated carbocycles. The lowest BCUT2D eigenvalue weighted by Gasteiger charge is -2.41. The molecule has 1 heterocycles. The van der Waals surface area contributed by atoms with Crippen molar-refractivity contribution in [1.82, 2.24) is 0 Å². The SMILES string of the molecule is CCS[C@@H]1O[C@H](COC(=O)c2ccccc2)[C@H](O)[C@H](O)[C@H]1OC(=O)c1ccccc1. The van der Waals surface area contributed by atoms with Crippen molar-refractivity contribution in [2.45, 2.75) is 36.8 Å². The van der Waals surface area contributed by atoms with Gasteiger partial charge in [-0.05, 0) is 30.0 Å². The standard InChI is InChI=1S/C22H24O7S/c1-2-30-22-19(29-21(26)15-11-7-4-8-12-15)18(24)17(23)16(28-22)13-27-20(25)14-9-5-3-6-10-14/h3-12,16-19,22-24H,2,13H2,1H3/t16-,17+,18+,19-,22+/m1/s1. The molecule has 7 nitrogen and oxygen atoms in total. The third-order valence-corrected chi connectivity index (χ3v) is 5.66. The molecule has 1 saturated heterocycles. The summed E-state index contributed by atoms with van der Waals surface area (Å²) in [6.07, 6.45) is -4.81. The molecule has 2 N–H and O–H groups in total. The van der Waals surface area contributed by atoms with E-state index in [1.807, 2.05) is 6.92 Å². The summed E-state index contributed by atoms with van der Waals surface area (Å²) in [5.41, 5.74) is -0.0164. The van der Waals surface area contributed by atoms with E-state index < -0.39 is 41.8 Å². The Morgan fingerprint density at radius 3 is 2.07 bits per heavy atom. The van der Waals surface area contributed by atoms with Crippen LogP contribution in [-0.2, 0) is 14.2 Å². The zero-order chi connectivity index (χ0) is 21.5. The molecule has 5 atom stereocenters. The molecule has 160 valence electrons. The molecule has 2 aromatic carbocycles. The Balaban J connectivity index is 1.65. The van der Waals surface area contributed by atoms with Crippen molar-refractivity contribution < 1.29 is 34.0 Å². The van der Waals surface area contributed by atoms with Gasteiger partial charge in [0.05, 0.1) is 11.1 Å². The van der Waals surface area contributed by atoms with Crippen LogP contribution in [0.4, 0.5) is 0 Å². The highest BCUT2D eigenvalue weighted by Crippen LogP contribution is 2.31. The van der Waals surface area contributed by atoms with Gasteiger partial charge >= 0.3 is 11.9 Å². The van der Waals surface area contributed by atoms with Crippen molar-refractivity contribution in [3.05, 3.63) is 71.8 Å². The molecule has 0 unspecified atom stereocenters. The largest absolute Gasteiger partial charge is 0.459 e. The average Bonchev–Trinajstić information content (AvgIpc) is 2.78. The van der Waals surface area contributed by atoms with E-state index in [1.165, 1.54) is 11.8 Å². The maximum absolute atomic E-state index is 12.4. The fourth-order valence-corrected chi connectivity index (χ4v) is 4.00. The summed E-state index contributed by atoms with van der Waals surface area (Å²) >= 11 is 1.33. The fourth-order valence-electron chi connectivity index (χ4n) is 3.05. The minimum absolute atomic E-state index is 0.244. The van der Waals surface area contributed by atoms with Gasteiger partial charge in [-0.25, -0.2) is 9.59 Å². The van der Waals surface area contributed by atoms with Crippen molar-refractivity contribution >= 4 is 23.7 Å². The number of rotatable bonds is 7. The molecule has 1 aliphatic rings. The minimum Gasteiger partial charge on any atom is -0.459 e. The number of esters is 2. The molecule has 0 amide bonds. The van der Waals surface area contributed by atoms with Crippen LogP contribution >= 0.6 is 11.8 Å². The number of ether oxygens (including phenoxy) is 3. The molecule has 0 bridgehead atoms. The van der Waals surface area contributed by atoms with Crippen LogP contribution in [-0.4, -0.2) is 64.4 Å². The van der Waals surface area contributed by atoms with E-state index in [9.17, 15) is 19.8 Å². The number of carbonyl (C=O) groups is 2. The molecular formula is C22H24O7S. The molecule has 3 rings (SSSR count). The Morgan fingerprint density at radius 2 is 1.50 bits per heavy atom. The Hall–Kier alpha value is -2.39. The summed E-state index contributed by atoms with van der Waals surface area (Å²) in [5.74, 6) is -0.548. The van der Waals surface area contributed by atoms with Crippen molar-refractivity contribution in [2.75, 3.05) is 12.4 Å². The van der Waals surface area contributed by atoms with Crippen LogP contribution in [0.25, 0.3) is 0 Å². The predicted molar refractivity (Wildman–Crippen MR) is 111 cm³/mol. The highest BCUT2D eigenvalue weighted by molar-refractivity contribution is 7.99. The van der Waals surface area contributed by atoms with Crippen molar-refractivity contribution in [3.63, 3.8) is 0 Å². The summed E-state index contributed by atoms with van der Waals surface area (Å²) in [4.78, 5) is 24.6. The fraction of sp³-hybridized carbons (Fsp3) is 0.364. The van der Waals surface area contributed by atoms with E-state index in [0.717, 1.165) is 0 Å². The number of hydrogen-bond donors (Lipinski definition) is 2. The van der Waals surface area contributed by atoms with E-state index >= 15 is 0 Å². The minimum atomic E-state index is -1.39. The topological polar surface area (TPSA) is 102 Å². The Kier molecular flexibility index (Phi) is 7.87. The van der Waals surface area contributed by atoms with E-state index in [1.54, 1.807) is 60.7 Å². The van der Waals surface area contributed by atoms with Crippen molar-refractivity contribution in [3.8, 4) is 0 Å². The summed E-state index contributed by atoms with van der Waals surface area (Å²) in [7, 11) is 0. The normalized spacial score (nSPS) is 26.0. The lowest BCUT2D eigenvalue weighted by atomic mass is 10.00. The van der Waals surface area contributed by atoms with Gasteiger partial charge in [0, 0.05) is 0 Å². The van der Waals surface area contributed by atoms with E-state index in [2.05, 4.69) is 0 Å². The van der Waals surface area contributed by atoms with Gasteiger partial charge in [-0.1, -0.05) is 43.3 Å². The zero-order valence-corrected chi connectivity index (χ0v) is 17.2. The Labute approximate surface area is 179 Å². The molecular weight excluding hydrogens is 408 g/mol. The molecule has 0 aliphatic carbocycles. The van der Waals surface area contributed by atoms with Gasteiger partial charge in [-0.15, -0.1) is 11.8 Å². The van der Waals surface area contributed by atoms with E-state index in [-0.39, 0.29) is 6.61 Å². The lowest BCUT2D eigenvalue weighted by molar-refractivity contribution is -0.206. The number of hydrogen-bond acceptors (Lipinski definition) is 8. The monoisotopic (exact) mass is 432 g/mol. The Bertz CT molecular complexity index is 828. The summed E-state index contributed by atoms with van der Waals surface area (Å²) in [5, 5.41) is 21.1. The maximum Gasteiger partial charge on any atom is 0.338 e. The molecule has 8 heteroatoms. The lowest BCUT2D eigenvalue weighted by Crippen LogP contribution is -2.59. The van der Waals surface area contributed by atoms with Gasteiger partial charge in [0.1, 0.15) is 30.4 Å². The number of thioether (sulfide) groups is 1. The highest BCUT2D eigenvalue weighted by atomic mass is 32.2. The van der Waals surface area contributed by atoms with Gasteiger partial charge < -0.3 is 24.4 Å². The first-order valence-electron chi connectivity index (χ1n) is 9.62. The first-order chi connectivity index (χ1) is 14.5. The second kappa shape index (κ2) is 10.6. The summed E-state index contributed by atoms with van der Waals surface area (Å²) in [6.45, 7) is 1.65. The maximum atomic E-state index is 12.4. The second-order valence-electron chi connectivity index (χ2n) is 6.68. The number of aliphatic hydroxyl groups excluding tert-OH is 2. The predicted octanol–water partition coefficient (Wildman–Crippen LogP) is 2.27. The second-order valence-corrected chi connectivity index (χ2v) is 8.06. The number of aliphatic hydroxyl groups is 2. The van der Waals surface area contributed by atoms with Crippen molar-refractivity contribution in [1.29, 1.82) is 0 Å². The van der Waals surface area contributed by atoms with Crippen LogP contribution in [0.3, 0.4) is 0 Å². The third kappa shape index (κ3) is 5.40. The smallest absolute Gasteiger partial charge is 0.338 e. The van der Waals surface area contributed by atoms with Gasteiger partial charge in [-0.2, -0.15) is 0 Å². The molecule has 2 aromatic rings. The molecule has 30 heavy (non-hydrogen) atoms. The molecule has 0 spiro atoms. The van der Waals surface area contributed by atoms with Crippen LogP contribution < -0.4 is 0 Å². The van der Waals surface area contributed by atoms with Crippen LogP contribution in [0.15, 0.2) is 60.7 Å². The first kappa shape index (κ1) is 22.3. The quantitative estimate of drug-likeness (QED) is 0.643. The van der Waals surface area contributed by atoms with Crippen molar-refractivity contribution in [2.24, 2.45) is 0 Å². The zero-order valence-electron chi connectivity index (χ0n) is 16.4. The first-order valence-corrected chi connectivity index (χ1v) is 10.7. The third-order valence-electron chi connectivity index (χ3n) is 4.62. The van der Waals surface area contributed by atoms with Gasteiger partial charge in [0.2, 0.25) is 0 Å². The van der Waals surface area contributed by atoms with E-state index in [4.69, 9.17) is 14.2 Å². The summed E-state index contributed by atoms with van der Waals surface area (Å²) in [6, 6.07) is 16.8. The Morgan fingerprint density at radius 1 is 0.933 bits per heavy atom. The average molecular weight is 432 g/mol. The number of benzene rings is 2. The molecule has 0 radical (unpaired) electrons. The van der Waals surface area contributed by atoms with Crippen LogP contribution in [0.1, 0.15) is 27.6 Å².